The van der Waals surface area contributed by atoms with Gasteiger partial charge in [0.2, 0.25) is 0 Å². The predicted molar refractivity (Wildman–Crippen MR) is 63.2 cm³/mol. The molecular weight excluding hydrogens is 204 g/mol. The average Bonchev–Trinajstić information content (AvgIpc) is 2.26. The number of carboxylic acid groups (broad SMARTS) is 1. The molecule has 16 heavy (non-hydrogen) atoms. The summed E-state index contributed by atoms with van der Waals surface area (Å²) in [7, 11) is 1.86. The SMILES string of the molecule is CNCCC#Cc1ccc(C(=O)O)cc1N. The highest BCUT2D eigenvalue weighted by Gasteiger charge is 2.04. The molecule has 0 amide bonds. The summed E-state index contributed by atoms with van der Waals surface area (Å²) < 4.78 is 0. The van der Waals surface area contributed by atoms with Crippen LogP contribution < -0.4 is 11.1 Å². The third kappa shape index (κ3) is 3.30. The van der Waals surface area contributed by atoms with E-state index in [0.717, 1.165) is 13.0 Å². The van der Waals surface area contributed by atoms with Crippen molar-refractivity contribution >= 4 is 11.7 Å². The lowest BCUT2D eigenvalue weighted by Gasteiger charge is -1.99. The van der Waals surface area contributed by atoms with E-state index in [1.807, 2.05) is 7.05 Å². The molecule has 0 aliphatic carbocycles. The van der Waals surface area contributed by atoms with E-state index < -0.39 is 5.97 Å². The summed E-state index contributed by atoms with van der Waals surface area (Å²) in [6.07, 6.45) is 0.733. The fourth-order valence-corrected chi connectivity index (χ4v) is 1.15. The van der Waals surface area contributed by atoms with E-state index in [2.05, 4.69) is 17.2 Å². The molecule has 0 heterocycles. The Labute approximate surface area is 94.5 Å². The Morgan fingerprint density at radius 2 is 2.31 bits per heavy atom. The van der Waals surface area contributed by atoms with Crippen LogP contribution in [0.15, 0.2) is 18.2 Å². The van der Waals surface area contributed by atoms with Gasteiger partial charge in [-0.3, -0.25) is 0 Å². The summed E-state index contributed by atoms with van der Waals surface area (Å²) >= 11 is 0. The van der Waals surface area contributed by atoms with Gasteiger partial charge in [-0.1, -0.05) is 11.8 Å². The van der Waals surface area contributed by atoms with Crippen molar-refractivity contribution in [2.24, 2.45) is 0 Å². The number of nitrogen functional groups attached to an aromatic ring is 1. The molecule has 0 saturated carbocycles. The molecule has 1 aromatic rings. The van der Waals surface area contributed by atoms with Gasteiger partial charge in [-0.25, -0.2) is 4.79 Å². The summed E-state index contributed by atoms with van der Waals surface area (Å²) in [6, 6.07) is 4.55. The molecule has 4 nitrogen and oxygen atoms in total. The van der Waals surface area contributed by atoms with Crippen molar-refractivity contribution in [1.82, 2.24) is 5.32 Å². The fourth-order valence-electron chi connectivity index (χ4n) is 1.15. The third-order valence-corrected chi connectivity index (χ3v) is 2.02. The highest BCUT2D eigenvalue weighted by molar-refractivity contribution is 5.89. The number of anilines is 1. The smallest absolute Gasteiger partial charge is 0.335 e. The van der Waals surface area contributed by atoms with Gasteiger partial charge < -0.3 is 16.2 Å². The summed E-state index contributed by atoms with van der Waals surface area (Å²) in [5.41, 5.74) is 6.94. The van der Waals surface area contributed by atoms with Crippen molar-refractivity contribution in [2.45, 2.75) is 6.42 Å². The molecule has 84 valence electrons. The molecule has 0 atom stereocenters. The van der Waals surface area contributed by atoms with Gasteiger partial charge in [-0.05, 0) is 25.2 Å². The minimum absolute atomic E-state index is 0.179. The molecule has 0 aliphatic heterocycles. The first-order chi connectivity index (χ1) is 7.65. The molecular formula is C12H14N2O2. The van der Waals surface area contributed by atoms with Crippen molar-refractivity contribution in [3.8, 4) is 11.8 Å². The number of benzene rings is 1. The number of aromatic carboxylic acids is 1. The van der Waals surface area contributed by atoms with E-state index in [1.165, 1.54) is 12.1 Å². The van der Waals surface area contributed by atoms with Crippen LogP contribution >= 0.6 is 0 Å². The number of carboxylic acids is 1. The van der Waals surface area contributed by atoms with Crippen LogP contribution in [0.5, 0.6) is 0 Å². The Hall–Kier alpha value is -1.99. The molecule has 0 bridgehead atoms. The summed E-state index contributed by atoms with van der Waals surface area (Å²) in [6.45, 7) is 0.820. The zero-order valence-electron chi connectivity index (χ0n) is 9.08. The summed E-state index contributed by atoms with van der Waals surface area (Å²) in [5.74, 6) is 4.87. The number of rotatable bonds is 3. The van der Waals surface area contributed by atoms with Crippen LogP contribution in [0, 0.1) is 11.8 Å². The quantitative estimate of drug-likeness (QED) is 0.401. The minimum atomic E-state index is -0.985. The zero-order valence-corrected chi connectivity index (χ0v) is 9.08. The Kier molecular flexibility index (Phi) is 4.37. The van der Waals surface area contributed by atoms with Gasteiger partial charge in [-0.15, -0.1) is 0 Å². The van der Waals surface area contributed by atoms with Gasteiger partial charge in [-0.2, -0.15) is 0 Å². The summed E-state index contributed by atoms with van der Waals surface area (Å²) in [4.78, 5) is 10.7. The lowest BCUT2D eigenvalue weighted by molar-refractivity contribution is 0.0697. The van der Waals surface area contributed by atoms with Gasteiger partial charge in [0, 0.05) is 24.2 Å². The third-order valence-electron chi connectivity index (χ3n) is 2.02. The maximum absolute atomic E-state index is 10.7. The van der Waals surface area contributed by atoms with Gasteiger partial charge >= 0.3 is 5.97 Å². The van der Waals surface area contributed by atoms with E-state index in [4.69, 9.17) is 10.8 Å². The van der Waals surface area contributed by atoms with Gasteiger partial charge in [0.15, 0.2) is 0 Å². The van der Waals surface area contributed by atoms with Crippen molar-refractivity contribution < 1.29 is 9.90 Å². The van der Waals surface area contributed by atoms with Crippen LogP contribution in [-0.2, 0) is 0 Å². The van der Waals surface area contributed by atoms with Crippen LogP contribution in [0.25, 0.3) is 0 Å². The highest BCUT2D eigenvalue weighted by atomic mass is 16.4. The number of hydrogen-bond acceptors (Lipinski definition) is 3. The number of nitrogens with one attached hydrogen (secondary N) is 1. The Morgan fingerprint density at radius 3 is 2.88 bits per heavy atom. The minimum Gasteiger partial charge on any atom is -0.478 e. The van der Waals surface area contributed by atoms with E-state index in [1.54, 1.807) is 6.07 Å². The van der Waals surface area contributed by atoms with Crippen LogP contribution in [0.1, 0.15) is 22.3 Å². The van der Waals surface area contributed by atoms with Gasteiger partial charge in [0.1, 0.15) is 0 Å². The van der Waals surface area contributed by atoms with Crippen LogP contribution in [0.4, 0.5) is 5.69 Å². The first-order valence-electron chi connectivity index (χ1n) is 4.91. The molecule has 0 radical (unpaired) electrons. The molecule has 0 unspecified atom stereocenters. The number of hydrogen-bond donors (Lipinski definition) is 3. The molecule has 1 rings (SSSR count). The topological polar surface area (TPSA) is 75.3 Å². The molecule has 0 spiro atoms. The zero-order chi connectivity index (χ0) is 12.0. The molecule has 0 fully saturated rings. The van der Waals surface area contributed by atoms with Gasteiger partial charge in [0.25, 0.3) is 0 Å². The van der Waals surface area contributed by atoms with Gasteiger partial charge in [0.05, 0.1) is 5.56 Å². The molecule has 1 aromatic carbocycles. The van der Waals surface area contributed by atoms with Crippen molar-refractivity contribution in [2.75, 3.05) is 19.3 Å². The molecule has 0 aliphatic rings. The first-order valence-corrected chi connectivity index (χ1v) is 4.91. The lowest BCUT2D eigenvalue weighted by Crippen LogP contribution is -2.06. The van der Waals surface area contributed by atoms with E-state index >= 15 is 0 Å². The van der Waals surface area contributed by atoms with Crippen molar-refractivity contribution in [3.05, 3.63) is 29.3 Å². The highest BCUT2D eigenvalue weighted by Crippen LogP contribution is 2.13. The van der Waals surface area contributed by atoms with E-state index in [-0.39, 0.29) is 5.56 Å². The molecule has 0 aromatic heterocycles. The van der Waals surface area contributed by atoms with Crippen LogP contribution in [0.2, 0.25) is 0 Å². The largest absolute Gasteiger partial charge is 0.478 e. The standard InChI is InChI=1S/C12H14N2O2/c1-14-7-3-2-4-9-5-6-10(12(15)16)8-11(9)13/h5-6,8,14H,3,7,13H2,1H3,(H,15,16). The second-order valence-corrected chi connectivity index (χ2v) is 3.26. The van der Waals surface area contributed by atoms with Crippen LogP contribution in [0.3, 0.4) is 0 Å². The first kappa shape index (κ1) is 12.1. The Bertz CT molecular complexity index is 444. The second-order valence-electron chi connectivity index (χ2n) is 3.26. The second kappa shape index (κ2) is 5.79. The maximum atomic E-state index is 10.7. The van der Waals surface area contributed by atoms with Crippen molar-refractivity contribution in [1.29, 1.82) is 0 Å². The molecule has 0 saturated heterocycles. The van der Waals surface area contributed by atoms with E-state index in [0.29, 0.717) is 11.3 Å². The monoisotopic (exact) mass is 218 g/mol. The molecule has 4 N–H and O–H groups in total. The molecule has 4 heteroatoms. The maximum Gasteiger partial charge on any atom is 0.335 e. The normalized spacial score (nSPS) is 9.31. The van der Waals surface area contributed by atoms with Crippen molar-refractivity contribution in [3.63, 3.8) is 0 Å². The fraction of sp³-hybridized carbons (Fsp3) is 0.250. The number of carbonyl (C=O) groups is 1. The Balaban J connectivity index is 2.81. The number of nitrogens with two attached hydrogens (primary N) is 1. The lowest BCUT2D eigenvalue weighted by atomic mass is 10.1. The average molecular weight is 218 g/mol. The van der Waals surface area contributed by atoms with E-state index in [9.17, 15) is 4.79 Å². The van der Waals surface area contributed by atoms with Crippen LogP contribution in [-0.4, -0.2) is 24.7 Å². The predicted octanol–water partition coefficient (Wildman–Crippen LogP) is 0.928. The summed E-state index contributed by atoms with van der Waals surface area (Å²) in [5, 5.41) is 11.7. The Morgan fingerprint density at radius 1 is 1.56 bits per heavy atom.